The van der Waals surface area contributed by atoms with Crippen molar-refractivity contribution in [2.45, 2.75) is 31.0 Å². The summed E-state index contributed by atoms with van der Waals surface area (Å²) in [6, 6.07) is 0.561. The largest absolute Gasteiger partial charge is 0.378 e. The Bertz CT molecular complexity index is 354. The van der Waals surface area contributed by atoms with E-state index < -0.39 is 0 Å². The van der Waals surface area contributed by atoms with Crippen molar-refractivity contribution < 1.29 is 0 Å². The van der Waals surface area contributed by atoms with Gasteiger partial charge in [-0.25, -0.2) is 0 Å². The first-order valence-electron chi connectivity index (χ1n) is 6.95. The van der Waals surface area contributed by atoms with Crippen LogP contribution in [0.15, 0.2) is 23.9 Å². The molecule has 1 aliphatic heterocycles. The number of rotatable bonds is 3. The number of hydrogen-bond donors (Lipinski definition) is 0. The summed E-state index contributed by atoms with van der Waals surface area (Å²) in [5, 5.41) is 0.351. The summed E-state index contributed by atoms with van der Waals surface area (Å²) in [4.78, 5) is 4.63. The van der Waals surface area contributed by atoms with Gasteiger partial charge in [0.25, 0.3) is 0 Å². The second-order valence-electron chi connectivity index (χ2n) is 6.15. The number of nitrogens with zero attached hydrogens (tertiary/aromatic N) is 2. The van der Waals surface area contributed by atoms with Crippen LogP contribution in [0.3, 0.4) is 0 Å². The van der Waals surface area contributed by atoms with Crippen LogP contribution in [-0.4, -0.2) is 61.5 Å². The lowest BCUT2D eigenvalue weighted by Gasteiger charge is -2.45. The molecule has 2 atom stereocenters. The van der Waals surface area contributed by atoms with Gasteiger partial charge in [-0.3, -0.25) is 0 Å². The zero-order valence-corrected chi connectivity index (χ0v) is 13.4. The summed E-state index contributed by atoms with van der Waals surface area (Å²) < 4.78 is 0. The van der Waals surface area contributed by atoms with Gasteiger partial charge in [-0.1, -0.05) is 20.9 Å². The van der Waals surface area contributed by atoms with Gasteiger partial charge in [-0.2, -0.15) is 0 Å². The summed E-state index contributed by atoms with van der Waals surface area (Å²) in [5.41, 5.74) is 1.38. The fourth-order valence-electron chi connectivity index (χ4n) is 3.27. The van der Waals surface area contributed by atoms with Crippen LogP contribution in [0.25, 0.3) is 0 Å². The summed E-state index contributed by atoms with van der Waals surface area (Å²) in [7, 11) is 8.86. The predicted octanol–water partition coefficient (Wildman–Crippen LogP) is 2.97. The minimum Gasteiger partial charge on any atom is -0.378 e. The summed E-state index contributed by atoms with van der Waals surface area (Å²) in [5.74, 6) is 0. The third kappa shape index (κ3) is 2.51. The van der Waals surface area contributed by atoms with Crippen LogP contribution in [0.5, 0.6) is 0 Å². The quantitative estimate of drug-likeness (QED) is 0.725. The highest BCUT2D eigenvalue weighted by Gasteiger charge is 2.42. The fourth-order valence-corrected chi connectivity index (χ4v) is 6.67. The Balaban J connectivity index is 2.33. The number of hydrogen-bond acceptors (Lipinski definition) is 2. The third-order valence-electron chi connectivity index (χ3n) is 4.35. The molecule has 1 heterocycles. The molecule has 0 bridgehead atoms. The number of allylic oxidation sites excluding steroid dienone is 1. The van der Waals surface area contributed by atoms with E-state index in [1.165, 1.54) is 30.9 Å². The van der Waals surface area contributed by atoms with E-state index in [-0.39, 0.29) is 7.92 Å². The second-order valence-corrected chi connectivity index (χ2v) is 9.09. The first kappa shape index (κ1) is 14.1. The molecule has 0 amide bonds. The molecule has 1 fully saturated rings. The molecule has 0 spiro atoms. The summed E-state index contributed by atoms with van der Waals surface area (Å²) in [6.07, 6.45) is 13.1. The maximum atomic E-state index is 2.55. The molecule has 102 valence electrons. The minimum atomic E-state index is 0.136. The first-order valence-corrected chi connectivity index (χ1v) is 8.66. The van der Waals surface area contributed by atoms with Gasteiger partial charge >= 0.3 is 0 Å². The van der Waals surface area contributed by atoms with Gasteiger partial charge in [0, 0.05) is 31.0 Å². The molecule has 1 saturated heterocycles. The Labute approximate surface area is 113 Å². The molecule has 0 saturated carbocycles. The van der Waals surface area contributed by atoms with Gasteiger partial charge in [0.05, 0.1) is 0 Å². The Morgan fingerprint density at radius 3 is 2.28 bits per heavy atom. The number of likely N-dealkylation sites (N-methyl/N-ethyl adjacent to an activating group) is 2. The van der Waals surface area contributed by atoms with Crippen LogP contribution in [-0.2, 0) is 0 Å². The van der Waals surface area contributed by atoms with E-state index in [0.29, 0.717) is 11.2 Å². The molecule has 3 heteroatoms. The van der Waals surface area contributed by atoms with Crippen LogP contribution >= 0.6 is 7.92 Å². The highest BCUT2D eigenvalue weighted by molar-refractivity contribution is 7.60. The molecule has 1 aliphatic carbocycles. The molecule has 2 nitrogen and oxygen atoms in total. The van der Waals surface area contributed by atoms with Crippen molar-refractivity contribution in [2.24, 2.45) is 0 Å². The lowest BCUT2D eigenvalue weighted by Crippen LogP contribution is -2.46. The van der Waals surface area contributed by atoms with E-state index >= 15 is 0 Å². The van der Waals surface area contributed by atoms with Crippen molar-refractivity contribution in [3.05, 3.63) is 23.9 Å². The van der Waals surface area contributed by atoms with E-state index in [9.17, 15) is 0 Å². The molecule has 2 aliphatic rings. The minimum absolute atomic E-state index is 0.136. The van der Waals surface area contributed by atoms with Gasteiger partial charge in [-0.15, -0.1) is 0 Å². The van der Waals surface area contributed by atoms with E-state index in [2.05, 4.69) is 63.1 Å². The maximum Gasteiger partial charge on any atom is 0.0404 e. The Morgan fingerprint density at radius 1 is 1.17 bits per heavy atom. The van der Waals surface area contributed by atoms with Gasteiger partial charge in [-0.05, 0) is 51.4 Å². The maximum absolute atomic E-state index is 2.55. The lowest BCUT2D eigenvalue weighted by molar-refractivity contribution is 0.304. The van der Waals surface area contributed by atoms with Crippen LogP contribution < -0.4 is 0 Å². The molecule has 2 rings (SSSR count). The van der Waals surface area contributed by atoms with Crippen molar-refractivity contribution in [2.75, 3.05) is 40.5 Å². The topological polar surface area (TPSA) is 6.48 Å². The zero-order chi connectivity index (χ0) is 13.3. The van der Waals surface area contributed by atoms with Crippen LogP contribution in [0, 0.1) is 0 Å². The molecule has 0 radical (unpaired) electrons. The van der Waals surface area contributed by atoms with Crippen molar-refractivity contribution in [3.8, 4) is 0 Å². The average Bonchev–Trinajstić information content (AvgIpc) is 2.82. The monoisotopic (exact) mass is 266 g/mol. The normalized spacial score (nSPS) is 33.0. The predicted molar refractivity (Wildman–Crippen MR) is 82.7 cm³/mol. The van der Waals surface area contributed by atoms with E-state index in [1.807, 2.05) is 0 Å². The van der Waals surface area contributed by atoms with Crippen molar-refractivity contribution in [3.63, 3.8) is 0 Å². The van der Waals surface area contributed by atoms with Crippen LogP contribution in [0.4, 0.5) is 0 Å². The van der Waals surface area contributed by atoms with Crippen LogP contribution in [0.2, 0.25) is 0 Å². The van der Waals surface area contributed by atoms with Gasteiger partial charge in [0.2, 0.25) is 0 Å². The smallest absolute Gasteiger partial charge is 0.0404 e. The van der Waals surface area contributed by atoms with E-state index in [4.69, 9.17) is 0 Å². The molecule has 2 unspecified atom stereocenters. The van der Waals surface area contributed by atoms with E-state index in [1.54, 1.807) is 0 Å². The SMILES string of the molecule is CN(C)C1=CC(C)(P2CCCC2)C(N(C)C)C=C1. The lowest BCUT2D eigenvalue weighted by atomic mass is 9.93. The average molecular weight is 266 g/mol. The van der Waals surface area contributed by atoms with E-state index in [0.717, 1.165) is 0 Å². The molecule has 0 aromatic rings. The molecule has 0 aromatic carbocycles. The summed E-state index contributed by atoms with van der Waals surface area (Å²) in [6.45, 7) is 2.49. The van der Waals surface area contributed by atoms with Gasteiger partial charge in [0.15, 0.2) is 0 Å². The molecule has 18 heavy (non-hydrogen) atoms. The standard InChI is InChI=1S/C15H27N2P/c1-15(18-10-6-7-11-18)12-13(16(2)3)8-9-14(15)17(4)5/h8-9,12,14H,6-7,10-11H2,1-5H3. The fraction of sp³-hybridized carbons (Fsp3) is 0.733. The first-order chi connectivity index (χ1) is 8.45. The molecular weight excluding hydrogens is 239 g/mol. The van der Waals surface area contributed by atoms with Gasteiger partial charge in [0.1, 0.15) is 0 Å². The van der Waals surface area contributed by atoms with Crippen molar-refractivity contribution in [1.29, 1.82) is 0 Å². The summed E-state index contributed by atoms with van der Waals surface area (Å²) >= 11 is 0. The zero-order valence-electron chi connectivity index (χ0n) is 12.5. The Kier molecular flexibility index (Phi) is 4.18. The third-order valence-corrected chi connectivity index (χ3v) is 7.82. The Morgan fingerprint density at radius 2 is 1.78 bits per heavy atom. The van der Waals surface area contributed by atoms with Crippen molar-refractivity contribution >= 4 is 7.92 Å². The Hall–Kier alpha value is -0.330. The van der Waals surface area contributed by atoms with Crippen LogP contribution in [0.1, 0.15) is 19.8 Å². The molecule has 0 N–H and O–H groups in total. The van der Waals surface area contributed by atoms with Crippen molar-refractivity contribution in [1.82, 2.24) is 9.80 Å². The highest BCUT2D eigenvalue weighted by atomic mass is 31.1. The molecule has 0 aromatic heterocycles. The molecular formula is C15H27N2P. The van der Waals surface area contributed by atoms with Gasteiger partial charge < -0.3 is 9.80 Å². The second kappa shape index (κ2) is 5.35. The highest BCUT2D eigenvalue weighted by Crippen LogP contribution is 2.58.